The molecule has 0 spiro atoms. The van der Waals surface area contributed by atoms with Crippen LogP contribution in [-0.2, 0) is 0 Å². The Balaban J connectivity index is 1.37. The van der Waals surface area contributed by atoms with Crippen LogP contribution in [0.5, 0.6) is 5.75 Å². The van der Waals surface area contributed by atoms with Crippen LogP contribution in [0, 0.1) is 11.8 Å². The minimum Gasteiger partial charge on any atom is -0.495 e. The molecule has 1 saturated heterocycles. The molecule has 1 N–H and O–H groups in total. The van der Waals surface area contributed by atoms with E-state index in [1.807, 2.05) is 36.5 Å². The largest absolute Gasteiger partial charge is 0.495 e. The Labute approximate surface area is 211 Å². The number of likely N-dealkylation sites (N-methyl/N-ethyl adjacent to an activating group) is 1. The maximum Gasteiger partial charge on any atom is 0.139 e. The first-order valence-corrected chi connectivity index (χ1v) is 12.3. The summed E-state index contributed by atoms with van der Waals surface area (Å²) in [5.41, 5.74) is 7.39. The third kappa shape index (κ3) is 4.17. The number of aromatic nitrogens is 2. The summed E-state index contributed by atoms with van der Waals surface area (Å²) in [6.07, 6.45) is 1.81. The molecule has 0 unspecified atom stereocenters. The van der Waals surface area contributed by atoms with Gasteiger partial charge in [0.05, 0.1) is 12.7 Å². The van der Waals surface area contributed by atoms with Gasteiger partial charge in [0, 0.05) is 59.9 Å². The zero-order valence-corrected chi connectivity index (χ0v) is 20.6. The van der Waals surface area contributed by atoms with E-state index in [4.69, 9.17) is 4.74 Å². The molecular weight excluding hydrogens is 444 g/mol. The standard InChI is InChI=1S/C31H28N4O/c1-34-17-19-35(20-18-34)26-12-9-22(10-13-26)25-11-14-28-27(21-25)30-24(15-16-32-31(30)33-28)8-7-23-5-3-4-6-29(23)36-2/h3-6,9-16,21H,17-20H2,1-2H3,(H,32,33). The number of pyridine rings is 1. The Morgan fingerprint density at radius 2 is 1.58 bits per heavy atom. The number of H-pyrrole nitrogens is 1. The Bertz CT molecular complexity index is 1600. The van der Waals surface area contributed by atoms with Crippen LogP contribution in [0.1, 0.15) is 11.1 Å². The first kappa shape index (κ1) is 22.2. The summed E-state index contributed by atoms with van der Waals surface area (Å²) in [6.45, 7) is 4.36. The number of piperazine rings is 1. The van der Waals surface area contributed by atoms with Crippen molar-refractivity contribution in [3.63, 3.8) is 0 Å². The van der Waals surface area contributed by atoms with Crippen LogP contribution in [0.3, 0.4) is 0 Å². The summed E-state index contributed by atoms with van der Waals surface area (Å²) in [7, 11) is 3.86. The third-order valence-electron chi connectivity index (χ3n) is 7.00. The number of hydrogen-bond acceptors (Lipinski definition) is 4. The summed E-state index contributed by atoms with van der Waals surface area (Å²) < 4.78 is 5.47. The van der Waals surface area contributed by atoms with E-state index in [1.54, 1.807) is 7.11 Å². The number of fused-ring (bicyclic) bond motifs is 3. The summed E-state index contributed by atoms with van der Waals surface area (Å²) in [5.74, 6) is 7.43. The van der Waals surface area contributed by atoms with Crippen LogP contribution in [0.2, 0.25) is 0 Å². The Hall–Kier alpha value is -4.27. The fourth-order valence-corrected chi connectivity index (χ4v) is 4.91. The minimum absolute atomic E-state index is 0.775. The fourth-order valence-electron chi connectivity index (χ4n) is 4.91. The van der Waals surface area contributed by atoms with Gasteiger partial charge in [0.1, 0.15) is 11.4 Å². The number of hydrogen-bond donors (Lipinski definition) is 1. The van der Waals surface area contributed by atoms with E-state index in [0.717, 1.165) is 65.0 Å². The summed E-state index contributed by atoms with van der Waals surface area (Å²) >= 11 is 0. The zero-order valence-electron chi connectivity index (χ0n) is 20.6. The van der Waals surface area contributed by atoms with Gasteiger partial charge >= 0.3 is 0 Å². The molecule has 6 rings (SSSR count). The summed E-state index contributed by atoms with van der Waals surface area (Å²) in [6, 6.07) is 25.3. The first-order valence-electron chi connectivity index (χ1n) is 12.3. The highest BCUT2D eigenvalue weighted by Gasteiger charge is 2.15. The molecule has 2 aromatic heterocycles. The number of ether oxygens (including phenoxy) is 1. The minimum atomic E-state index is 0.775. The van der Waals surface area contributed by atoms with Crippen LogP contribution in [0.15, 0.2) is 79.0 Å². The number of aromatic amines is 1. The zero-order chi connectivity index (χ0) is 24.5. The van der Waals surface area contributed by atoms with Crippen LogP contribution in [-0.4, -0.2) is 55.2 Å². The molecule has 5 nitrogen and oxygen atoms in total. The molecule has 0 amide bonds. The van der Waals surface area contributed by atoms with Gasteiger partial charge in [0.25, 0.3) is 0 Å². The SMILES string of the molecule is COc1ccccc1C#Cc1ccnc2[nH]c3ccc(-c4ccc(N5CCN(C)CC5)cc4)cc3c12. The number of nitrogens with one attached hydrogen (secondary N) is 1. The quantitative estimate of drug-likeness (QED) is 0.350. The highest BCUT2D eigenvalue weighted by atomic mass is 16.5. The second-order valence-corrected chi connectivity index (χ2v) is 9.25. The van der Waals surface area contributed by atoms with Gasteiger partial charge in [0.2, 0.25) is 0 Å². The lowest BCUT2D eigenvalue weighted by Crippen LogP contribution is -2.44. The van der Waals surface area contributed by atoms with E-state index in [0.29, 0.717) is 0 Å². The topological polar surface area (TPSA) is 44.4 Å². The van der Waals surface area contributed by atoms with Gasteiger partial charge in [-0.1, -0.05) is 42.2 Å². The van der Waals surface area contributed by atoms with Crippen LogP contribution >= 0.6 is 0 Å². The number of para-hydroxylation sites is 1. The molecule has 0 atom stereocenters. The lowest BCUT2D eigenvalue weighted by atomic mass is 10.0. The Kier molecular flexibility index (Phi) is 5.80. The highest BCUT2D eigenvalue weighted by molar-refractivity contribution is 6.09. The maximum absolute atomic E-state index is 5.47. The molecule has 0 saturated carbocycles. The van der Waals surface area contributed by atoms with Crippen molar-refractivity contribution in [2.45, 2.75) is 0 Å². The van der Waals surface area contributed by atoms with Crippen LogP contribution in [0.25, 0.3) is 33.1 Å². The van der Waals surface area contributed by atoms with Crippen LogP contribution < -0.4 is 9.64 Å². The van der Waals surface area contributed by atoms with Gasteiger partial charge in [-0.2, -0.15) is 0 Å². The molecule has 5 aromatic rings. The van der Waals surface area contributed by atoms with Gasteiger partial charge in [-0.15, -0.1) is 0 Å². The average molecular weight is 473 g/mol. The van der Waals surface area contributed by atoms with Crippen molar-refractivity contribution in [1.82, 2.24) is 14.9 Å². The lowest BCUT2D eigenvalue weighted by molar-refractivity contribution is 0.313. The molecule has 3 aromatic carbocycles. The number of nitrogens with zero attached hydrogens (tertiary/aromatic N) is 3. The summed E-state index contributed by atoms with van der Waals surface area (Å²) in [5, 5.41) is 2.17. The number of methoxy groups -OCH3 is 1. The predicted octanol–water partition coefficient (Wildman–Crippen LogP) is 5.54. The Morgan fingerprint density at radius 1 is 0.833 bits per heavy atom. The molecule has 0 radical (unpaired) electrons. The van der Waals surface area contributed by atoms with Gasteiger partial charge in [0.15, 0.2) is 0 Å². The van der Waals surface area contributed by atoms with Crippen LogP contribution in [0.4, 0.5) is 5.69 Å². The van der Waals surface area contributed by atoms with Gasteiger partial charge in [-0.05, 0) is 60.6 Å². The molecule has 36 heavy (non-hydrogen) atoms. The molecule has 3 heterocycles. The van der Waals surface area contributed by atoms with Gasteiger partial charge < -0.3 is 19.5 Å². The first-order chi connectivity index (χ1) is 17.7. The van der Waals surface area contributed by atoms with E-state index < -0.39 is 0 Å². The number of rotatable bonds is 3. The van der Waals surface area contributed by atoms with Crippen molar-refractivity contribution in [2.75, 3.05) is 45.2 Å². The Morgan fingerprint density at radius 3 is 2.39 bits per heavy atom. The molecule has 0 bridgehead atoms. The number of anilines is 1. The lowest BCUT2D eigenvalue weighted by Gasteiger charge is -2.34. The van der Waals surface area contributed by atoms with E-state index in [2.05, 4.69) is 81.1 Å². The normalized spacial score (nSPS) is 14.1. The van der Waals surface area contributed by atoms with Crippen molar-refractivity contribution in [3.8, 4) is 28.7 Å². The van der Waals surface area contributed by atoms with Crippen molar-refractivity contribution >= 4 is 27.6 Å². The smallest absolute Gasteiger partial charge is 0.139 e. The third-order valence-corrected chi connectivity index (χ3v) is 7.00. The second-order valence-electron chi connectivity index (χ2n) is 9.25. The molecule has 178 valence electrons. The van der Waals surface area contributed by atoms with Crippen molar-refractivity contribution in [3.05, 3.63) is 90.1 Å². The van der Waals surface area contributed by atoms with Crippen molar-refractivity contribution in [2.24, 2.45) is 0 Å². The van der Waals surface area contributed by atoms with Crippen molar-refractivity contribution in [1.29, 1.82) is 0 Å². The molecule has 0 aliphatic carbocycles. The monoisotopic (exact) mass is 472 g/mol. The van der Waals surface area contributed by atoms with Crippen molar-refractivity contribution < 1.29 is 4.74 Å². The highest BCUT2D eigenvalue weighted by Crippen LogP contribution is 2.32. The second kappa shape index (κ2) is 9.41. The van der Waals surface area contributed by atoms with Gasteiger partial charge in [-0.3, -0.25) is 0 Å². The summed E-state index contributed by atoms with van der Waals surface area (Å²) in [4.78, 5) is 12.9. The van der Waals surface area contributed by atoms with E-state index in [1.165, 1.54) is 16.8 Å². The van der Waals surface area contributed by atoms with Gasteiger partial charge in [-0.25, -0.2) is 4.98 Å². The van der Waals surface area contributed by atoms with E-state index >= 15 is 0 Å². The molecule has 1 fully saturated rings. The molecular formula is C31H28N4O. The predicted molar refractivity (Wildman–Crippen MR) is 148 cm³/mol. The van der Waals surface area contributed by atoms with E-state index in [9.17, 15) is 0 Å². The fraction of sp³-hybridized carbons (Fsp3) is 0.194. The molecule has 1 aliphatic heterocycles. The van der Waals surface area contributed by atoms with E-state index in [-0.39, 0.29) is 0 Å². The number of benzene rings is 3. The average Bonchev–Trinajstić information content (AvgIpc) is 3.31. The molecule has 1 aliphatic rings. The maximum atomic E-state index is 5.47. The molecule has 5 heteroatoms.